The Morgan fingerprint density at radius 2 is 1.93 bits per heavy atom. The molecule has 78 valence electrons. The van der Waals surface area contributed by atoms with Crippen LogP contribution in [0, 0.1) is 0 Å². The van der Waals surface area contributed by atoms with Crippen LogP contribution in [0.15, 0.2) is 22.7 Å². The van der Waals surface area contributed by atoms with Gasteiger partial charge in [0.05, 0.1) is 5.02 Å². The van der Waals surface area contributed by atoms with Crippen LogP contribution in [0.4, 0.5) is 13.2 Å². The van der Waals surface area contributed by atoms with Crippen LogP contribution in [0.25, 0.3) is 0 Å². The summed E-state index contributed by atoms with van der Waals surface area (Å²) in [7, 11) is 0. The molecule has 0 fully saturated rings. The second kappa shape index (κ2) is 4.08. The van der Waals surface area contributed by atoms with E-state index in [0.717, 1.165) is 0 Å². The first-order valence-corrected chi connectivity index (χ1v) is 4.77. The van der Waals surface area contributed by atoms with E-state index in [0.29, 0.717) is 4.47 Å². The first-order chi connectivity index (χ1) is 6.34. The minimum atomic E-state index is -4.48. The molecule has 1 nitrogen and oxygen atoms in total. The monoisotopic (exact) mass is 287 g/mol. The zero-order valence-electron chi connectivity index (χ0n) is 6.78. The molecule has 1 aromatic rings. The number of rotatable bonds is 1. The molecule has 0 aliphatic heterocycles. The number of halogens is 5. The van der Waals surface area contributed by atoms with E-state index in [1.54, 1.807) is 6.07 Å². The van der Waals surface area contributed by atoms with Crippen molar-refractivity contribution in [2.45, 2.75) is 12.2 Å². The maximum Gasteiger partial charge on any atom is 0.407 e. The first-order valence-electron chi connectivity index (χ1n) is 3.60. The van der Waals surface area contributed by atoms with Crippen molar-refractivity contribution in [2.24, 2.45) is 5.73 Å². The van der Waals surface area contributed by atoms with Crippen molar-refractivity contribution >= 4 is 27.5 Å². The van der Waals surface area contributed by atoms with Gasteiger partial charge in [0.25, 0.3) is 0 Å². The number of benzene rings is 1. The summed E-state index contributed by atoms with van der Waals surface area (Å²) in [6.45, 7) is 0. The molecule has 1 atom stereocenters. The molecule has 0 saturated heterocycles. The standard InChI is InChI=1S/C8H6BrClF3N/c9-5-3-1-2-4(6(5)10)7(14)8(11,12)13/h1-3,7H,14H2/t7-/m1/s1. The first kappa shape index (κ1) is 11.8. The van der Waals surface area contributed by atoms with Gasteiger partial charge < -0.3 is 5.73 Å². The highest BCUT2D eigenvalue weighted by molar-refractivity contribution is 9.10. The lowest BCUT2D eigenvalue weighted by atomic mass is 10.1. The zero-order valence-corrected chi connectivity index (χ0v) is 9.12. The number of hydrogen-bond acceptors (Lipinski definition) is 1. The Balaban J connectivity index is 3.14. The van der Waals surface area contributed by atoms with Crippen LogP contribution in [0.1, 0.15) is 11.6 Å². The summed E-state index contributed by atoms with van der Waals surface area (Å²) >= 11 is 8.69. The lowest BCUT2D eigenvalue weighted by Gasteiger charge is -2.17. The highest BCUT2D eigenvalue weighted by Gasteiger charge is 2.39. The van der Waals surface area contributed by atoms with E-state index in [9.17, 15) is 13.2 Å². The van der Waals surface area contributed by atoms with Crippen molar-refractivity contribution < 1.29 is 13.2 Å². The second-order valence-corrected chi connectivity index (χ2v) is 3.89. The summed E-state index contributed by atoms with van der Waals surface area (Å²) in [5, 5.41) is -0.00248. The topological polar surface area (TPSA) is 26.0 Å². The molecule has 6 heteroatoms. The van der Waals surface area contributed by atoms with Crippen LogP contribution >= 0.6 is 27.5 Å². The van der Waals surface area contributed by atoms with Gasteiger partial charge in [-0.2, -0.15) is 13.2 Å². The van der Waals surface area contributed by atoms with E-state index in [1.165, 1.54) is 12.1 Å². The van der Waals surface area contributed by atoms with Crippen LogP contribution in [0.5, 0.6) is 0 Å². The summed E-state index contributed by atoms with van der Waals surface area (Å²) in [5.74, 6) is 0. The Morgan fingerprint density at radius 3 is 2.43 bits per heavy atom. The van der Waals surface area contributed by atoms with E-state index in [4.69, 9.17) is 17.3 Å². The quantitative estimate of drug-likeness (QED) is 0.838. The van der Waals surface area contributed by atoms with Crippen molar-refractivity contribution in [1.29, 1.82) is 0 Å². The average Bonchev–Trinajstić information content (AvgIpc) is 2.07. The van der Waals surface area contributed by atoms with Crippen molar-refractivity contribution in [3.8, 4) is 0 Å². The normalized spacial score (nSPS) is 14.1. The van der Waals surface area contributed by atoms with Gasteiger partial charge in [-0.1, -0.05) is 23.7 Å². The summed E-state index contributed by atoms with van der Waals surface area (Å²) in [5.41, 5.74) is 4.88. The fourth-order valence-electron chi connectivity index (χ4n) is 0.937. The van der Waals surface area contributed by atoms with Crippen molar-refractivity contribution in [3.63, 3.8) is 0 Å². The molecule has 1 rings (SSSR count). The van der Waals surface area contributed by atoms with Gasteiger partial charge >= 0.3 is 6.18 Å². The van der Waals surface area contributed by atoms with Crippen molar-refractivity contribution in [3.05, 3.63) is 33.3 Å². The third-order valence-electron chi connectivity index (χ3n) is 1.67. The minimum absolute atomic E-state index is 0.00248. The Bertz CT molecular complexity index is 340. The fourth-order valence-corrected chi connectivity index (χ4v) is 1.56. The predicted octanol–water partition coefficient (Wildman–Crippen LogP) is 3.66. The van der Waals surface area contributed by atoms with Crippen LogP contribution in [-0.2, 0) is 0 Å². The average molecular weight is 288 g/mol. The van der Waals surface area contributed by atoms with E-state index < -0.39 is 12.2 Å². The van der Waals surface area contributed by atoms with Gasteiger partial charge in [-0.25, -0.2) is 0 Å². The Labute approximate surface area is 92.2 Å². The minimum Gasteiger partial charge on any atom is -0.316 e. The van der Waals surface area contributed by atoms with Crippen LogP contribution in [-0.4, -0.2) is 6.18 Å². The molecule has 0 unspecified atom stereocenters. The lowest BCUT2D eigenvalue weighted by molar-refractivity contribution is -0.149. The van der Waals surface area contributed by atoms with Gasteiger partial charge in [0.15, 0.2) is 0 Å². The SMILES string of the molecule is N[C@H](c1cccc(Br)c1Cl)C(F)(F)F. The number of nitrogens with two attached hydrogens (primary N) is 1. The molecule has 0 heterocycles. The van der Waals surface area contributed by atoms with Gasteiger partial charge in [0, 0.05) is 4.47 Å². The zero-order chi connectivity index (χ0) is 10.9. The molecular formula is C8H6BrClF3N. The Kier molecular flexibility index (Phi) is 3.44. The fraction of sp³-hybridized carbons (Fsp3) is 0.250. The summed E-state index contributed by atoms with van der Waals surface area (Å²) in [4.78, 5) is 0. The van der Waals surface area contributed by atoms with Gasteiger partial charge in [-0.15, -0.1) is 0 Å². The molecule has 1 aromatic carbocycles. The molecule has 0 amide bonds. The molecule has 2 N–H and O–H groups in total. The molecule has 0 aromatic heterocycles. The summed E-state index contributed by atoms with van der Waals surface area (Å²) in [6, 6.07) is 2.21. The molecule has 0 radical (unpaired) electrons. The van der Waals surface area contributed by atoms with E-state index in [-0.39, 0.29) is 10.6 Å². The maximum absolute atomic E-state index is 12.2. The highest BCUT2D eigenvalue weighted by atomic mass is 79.9. The third kappa shape index (κ3) is 2.40. The van der Waals surface area contributed by atoms with Gasteiger partial charge in [0.2, 0.25) is 0 Å². The van der Waals surface area contributed by atoms with Gasteiger partial charge in [-0.3, -0.25) is 0 Å². The predicted molar refractivity (Wildman–Crippen MR) is 52.1 cm³/mol. The number of alkyl halides is 3. The van der Waals surface area contributed by atoms with Crippen molar-refractivity contribution in [2.75, 3.05) is 0 Å². The summed E-state index contributed by atoms with van der Waals surface area (Å²) < 4.78 is 37.1. The van der Waals surface area contributed by atoms with E-state index in [1.807, 2.05) is 0 Å². The molecule has 0 bridgehead atoms. The highest BCUT2D eigenvalue weighted by Crippen LogP contribution is 2.36. The Morgan fingerprint density at radius 1 is 1.36 bits per heavy atom. The molecule has 0 spiro atoms. The van der Waals surface area contributed by atoms with Crippen LogP contribution in [0.2, 0.25) is 5.02 Å². The second-order valence-electron chi connectivity index (χ2n) is 2.66. The largest absolute Gasteiger partial charge is 0.407 e. The molecule has 0 aliphatic rings. The van der Waals surface area contributed by atoms with Crippen LogP contribution < -0.4 is 5.73 Å². The maximum atomic E-state index is 12.2. The van der Waals surface area contributed by atoms with E-state index in [2.05, 4.69) is 15.9 Å². The molecule has 14 heavy (non-hydrogen) atoms. The molecule has 0 saturated carbocycles. The Hall–Kier alpha value is -0.260. The molecular weight excluding hydrogens is 282 g/mol. The van der Waals surface area contributed by atoms with Crippen LogP contribution in [0.3, 0.4) is 0 Å². The lowest BCUT2D eigenvalue weighted by Crippen LogP contribution is -2.28. The third-order valence-corrected chi connectivity index (χ3v) is 2.98. The van der Waals surface area contributed by atoms with Crippen molar-refractivity contribution in [1.82, 2.24) is 0 Å². The smallest absolute Gasteiger partial charge is 0.316 e. The number of hydrogen-bond donors (Lipinski definition) is 1. The summed E-state index contributed by atoms with van der Waals surface area (Å²) in [6.07, 6.45) is -4.48. The van der Waals surface area contributed by atoms with Gasteiger partial charge in [0.1, 0.15) is 6.04 Å². The van der Waals surface area contributed by atoms with Gasteiger partial charge in [-0.05, 0) is 27.6 Å². The molecule has 0 aliphatic carbocycles. The van der Waals surface area contributed by atoms with E-state index >= 15 is 0 Å².